The van der Waals surface area contributed by atoms with E-state index < -0.39 is 0 Å². The van der Waals surface area contributed by atoms with E-state index in [1.54, 1.807) is 0 Å². The maximum Gasteiger partial charge on any atom is 0.0580 e. The van der Waals surface area contributed by atoms with E-state index in [1.807, 2.05) is 0 Å². The van der Waals surface area contributed by atoms with Gasteiger partial charge in [-0.15, -0.1) is 0 Å². The predicted molar refractivity (Wildman–Crippen MR) is 74.5 cm³/mol. The maximum atomic E-state index is 10.0. The van der Waals surface area contributed by atoms with Gasteiger partial charge in [0.15, 0.2) is 0 Å². The van der Waals surface area contributed by atoms with Crippen LogP contribution in [0.1, 0.15) is 70.6 Å². The molecule has 3 aliphatic carbocycles. The van der Waals surface area contributed by atoms with Gasteiger partial charge in [-0.3, -0.25) is 0 Å². The zero-order valence-electron chi connectivity index (χ0n) is 11.7. The molecular weight excluding hydrogens is 222 g/mol. The minimum atomic E-state index is -0.0337. The SMILES string of the molecule is OC1CCCCC1CNC1CCC12CCCCC2. The van der Waals surface area contributed by atoms with Crippen molar-refractivity contribution < 1.29 is 5.11 Å². The van der Waals surface area contributed by atoms with Gasteiger partial charge >= 0.3 is 0 Å². The molecular formula is C16H29NO. The first-order valence-corrected chi connectivity index (χ1v) is 8.22. The molecule has 0 aromatic heterocycles. The lowest BCUT2D eigenvalue weighted by molar-refractivity contribution is 0.00974. The Bertz CT molecular complexity index is 272. The molecule has 3 saturated carbocycles. The van der Waals surface area contributed by atoms with Crippen LogP contribution in [-0.4, -0.2) is 23.8 Å². The lowest BCUT2D eigenvalue weighted by Crippen LogP contribution is -2.55. The Hall–Kier alpha value is -0.0800. The van der Waals surface area contributed by atoms with E-state index in [0.29, 0.717) is 11.3 Å². The van der Waals surface area contributed by atoms with Crippen LogP contribution >= 0.6 is 0 Å². The summed E-state index contributed by atoms with van der Waals surface area (Å²) in [6.45, 7) is 1.06. The third kappa shape index (κ3) is 2.46. The predicted octanol–water partition coefficient (Wildman–Crippen LogP) is 3.24. The second kappa shape index (κ2) is 5.50. The van der Waals surface area contributed by atoms with Crippen molar-refractivity contribution >= 4 is 0 Å². The first-order chi connectivity index (χ1) is 8.80. The first-order valence-electron chi connectivity index (χ1n) is 8.22. The van der Waals surface area contributed by atoms with Crippen molar-refractivity contribution in [2.24, 2.45) is 11.3 Å². The zero-order valence-corrected chi connectivity index (χ0v) is 11.7. The molecule has 3 aliphatic rings. The fraction of sp³-hybridized carbons (Fsp3) is 1.00. The molecule has 0 radical (unpaired) electrons. The number of hydrogen-bond acceptors (Lipinski definition) is 2. The summed E-state index contributed by atoms with van der Waals surface area (Å²) in [5, 5.41) is 13.9. The van der Waals surface area contributed by atoms with E-state index in [9.17, 15) is 5.11 Å². The van der Waals surface area contributed by atoms with Crippen LogP contribution in [0, 0.1) is 11.3 Å². The zero-order chi connectivity index (χ0) is 12.4. The van der Waals surface area contributed by atoms with Crippen LogP contribution in [0.2, 0.25) is 0 Å². The van der Waals surface area contributed by atoms with Crippen LogP contribution in [0.3, 0.4) is 0 Å². The molecule has 2 nitrogen and oxygen atoms in total. The summed E-state index contributed by atoms with van der Waals surface area (Å²) in [4.78, 5) is 0. The second-order valence-corrected chi connectivity index (χ2v) is 7.03. The molecule has 0 aliphatic heterocycles. The Labute approximate surface area is 112 Å². The number of aliphatic hydroxyl groups excluding tert-OH is 1. The van der Waals surface area contributed by atoms with Gasteiger partial charge in [-0.2, -0.15) is 0 Å². The van der Waals surface area contributed by atoms with E-state index in [0.717, 1.165) is 19.0 Å². The summed E-state index contributed by atoms with van der Waals surface area (Å²) in [5.74, 6) is 0.528. The summed E-state index contributed by atoms with van der Waals surface area (Å²) in [5.41, 5.74) is 0.665. The molecule has 1 spiro atoms. The molecule has 3 atom stereocenters. The molecule has 3 fully saturated rings. The van der Waals surface area contributed by atoms with Gasteiger partial charge < -0.3 is 10.4 Å². The van der Waals surface area contributed by atoms with Crippen molar-refractivity contribution in [2.45, 2.75) is 82.8 Å². The smallest absolute Gasteiger partial charge is 0.0580 e. The lowest BCUT2D eigenvalue weighted by atomic mass is 9.57. The number of nitrogens with one attached hydrogen (secondary N) is 1. The topological polar surface area (TPSA) is 32.3 Å². The summed E-state index contributed by atoms with van der Waals surface area (Å²) in [6, 6.07) is 0.770. The van der Waals surface area contributed by atoms with Crippen LogP contribution in [0.25, 0.3) is 0 Å². The molecule has 3 rings (SSSR count). The number of rotatable bonds is 3. The average Bonchev–Trinajstić information content (AvgIpc) is 2.41. The molecule has 0 aromatic rings. The first kappa shape index (κ1) is 12.9. The van der Waals surface area contributed by atoms with E-state index in [1.165, 1.54) is 64.2 Å². The van der Waals surface area contributed by atoms with E-state index in [2.05, 4.69) is 5.32 Å². The van der Waals surface area contributed by atoms with Gasteiger partial charge in [0.25, 0.3) is 0 Å². The Morgan fingerprint density at radius 1 is 0.889 bits per heavy atom. The fourth-order valence-corrected chi connectivity index (χ4v) is 4.59. The van der Waals surface area contributed by atoms with Gasteiger partial charge in [-0.05, 0) is 49.9 Å². The van der Waals surface area contributed by atoms with Crippen molar-refractivity contribution in [3.63, 3.8) is 0 Å². The summed E-state index contributed by atoms with van der Waals surface area (Å²) >= 11 is 0. The Kier molecular flexibility index (Phi) is 3.95. The van der Waals surface area contributed by atoms with Gasteiger partial charge in [0.2, 0.25) is 0 Å². The van der Waals surface area contributed by atoms with Gasteiger partial charge in [-0.25, -0.2) is 0 Å². The molecule has 2 N–H and O–H groups in total. The Morgan fingerprint density at radius 3 is 2.33 bits per heavy atom. The van der Waals surface area contributed by atoms with Gasteiger partial charge in [0.05, 0.1) is 6.10 Å². The average molecular weight is 251 g/mol. The normalized spacial score (nSPS) is 39.5. The lowest BCUT2D eigenvalue weighted by Gasteiger charge is -2.53. The molecule has 0 heterocycles. The number of aliphatic hydroxyl groups is 1. The van der Waals surface area contributed by atoms with Crippen LogP contribution in [0.15, 0.2) is 0 Å². The van der Waals surface area contributed by atoms with E-state index in [4.69, 9.17) is 0 Å². The van der Waals surface area contributed by atoms with Gasteiger partial charge in [-0.1, -0.05) is 32.1 Å². The molecule has 0 aromatic carbocycles. The van der Waals surface area contributed by atoms with Crippen molar-refractivity contribution in [1.29, 1.82) is 0 Å². The number of hydrogen-bond donors (Lipinski definition) is 2. The van der Waals surface area contributed by atoms with Gasteiger partial charge in [0.1, 0.15) is 0 Å². The minimum Gasteiger partial charge on any atom is -0.393 e. The van der Waals surface area contributed by atoms with Crippen LogP contribution in [-0.2, 0) is 0 Å². The molecule has 0 bridgehead atoms. The van der Waals surface area contributed by atoms with E-state index >= 15 is 0 Å². The molecule has 0 saturated heterocycles. The third-order valence-corrected chi connectivity index (χ3v) is 6.01. The van der Waals surface area contributed by atoms with E-state index in [-0.39, 0.29) is 6.10 Å². The van der Waals surface area contributed by atoms with Crippen molar-refractivity contribution in [2.75, 3.05) is 6.54 Å². The van der Waals surface area contributed by atoms with Crippen LogP contribution in [0.5, 0.6) is 0 Å². The fourth-order valence-electron chi connectivity index (χ4n) is 4.59. The Morgan fingerprint density at radius 2 is 1.67 bits per heavy atom. The van der Waals surface area contributed by atoms with Gasteiger partial charge in [0, 0.05) is 12.6 Å². The largest absolute Gasteiger partial charge is 0.393 e. The molecule has 0 amide bonds. The highest BCUT2D eigenvalue weighted by molar-refractivity contribution is 5.01. The molecule has 3 unspecified atom stereocenters. The molecule has 2 heteroatoms. The third-order valence-electron chi connectivity index (χ3n) is 6.01. The quantitative estimate of drug-likeness (QED) is 0.807. The van der Waals surface area contributed by atoms with Crippen molar-refractivity contribution in [3.8, 4) is 0 Å². The summed E-state index contributed by atoms with van der Waals surface area (Å²) in [7, 11) is 0. The Balaban J connectivity index is 1.48. The van der Waals surface area contributed by atoms with Crippen LogP contribution in [0.4, 0.5) is 0 Å². The molecule has 18 heavy (non-hydrogen) atoms. The summed E-state index contributed by atoms with van der Waals surface area (Å²) in [6.07, 6.45) is 14.9. The summed E-state index contributed by atoms with van der Waals surface area (Å²) < 4.78 is 0. The maximum absolute atomic E-state index is 10.0. The van der Waals surface area contributed by atoms with Crippen molar-refractivity contribution in [1.82, 2.24) is 5.32 Å². The monoisotopic (exact) mass is 251 g/mol. The highest BCUT2D eigenvalue weighted by atomic mass is 16.3. The molecule has 104 valence electrons. The minimum absolute atomic E-state index is 0.0337. The van der Waals surface area contributed by atoms with Crippen molar-refractivity contribution in [3.05, 3.63) is 0 Å². The standard InChI is InChI=1S/C16H29NO/c18-14-7-3-2-6-13(14)12-17-15-8-11-16(15)9-4-1-5-10-16/h13-15,17-18H,1-12H2. The highest BCUT2D eigenvalue weighted by Crippen LogP contribution is 2.51. The van der Waals surface area contributed by atoms with Crippen LogP contribution < -0.4 is 5.32 Å². The highest BCUT2D eigenvalue weighted by Gasteiger charge is 2.46. The second-order valence-electron chi connectivity index (χ2n) is 7.03.